The fourth-order valence-electron chi connectivity index (χ4n) is 7.08. The van der Waals surface area contributed by atoms with Gasteiger partial charge in [-0.25, -0.2) is 4.79 Å². The number of hydrogen-bond donors (Lipinski definition) is 1. The zero-order valence-corrected chi connectivity index (χ0v) is 20.6. The van der Waals surface area contributed by atoms with Crippen molar-refractivity contribution in [1.82, 2.24) is 0 Å². The predicted octanol–water partition coefficient (Wildman–Crippen LogP) is 5.56. The van der Waals surface area contributed by atoms with E-state index in [1.165, 1.54) is 11.6 Å². The van der Waals surface area contributed by atoms with E-state index >= 15 is 0 Å². The predicted molar refractivity (Wildman–Crippen MR) is 129 cm³/mol. The van der Waals surface area contributed by atoms with Crippen molar-refractivity contribution >= 4 is 12.0 Å². The van der Waals surface area contributed by atoms with Crippen LogP contribution >= 0.6 is 0 Å². The van der Waals surface area contributed by atoms with Crippen molar-refractivity contribution in [1.29, 1.82) is 0 Å². The van der Waals surface area contributed by atoms with Crippen molar-refractivity contribution in [2.24, 2.45) is 29.1 Å². The summed E-state index contributed by atoms with van der Waals surface area (Å²) >= 11 is 0. The first kappa shape index (κ1) is 22.9. The van der Waals surface area contributed by atoms with E-state index in [9.17, 15) is 9.90 Å². The van der Waals surface area contributed by atoms with Crippen molar-refractivity contribution in [2.45, 2.75) is 83.7 Å². The van der Waals surface area contributed by atoms with Crippen LogP contribution in [0.1, 0.15) is 65.9 Å². The molecule has 1 aliphatic heterocycles. The maximum atomic E-state index is 13.1. The Morgan fingerprint density at radius 1 is 1.21 bits per heavy atom. The number of carbonyl (C=O) groups is 1. The average molecular weight is 451 g/mol. The van der Waals surface area contributed by atoms with Crippen LogP contribution in [0.15, 0.2) is 48.1 Å². The Morgan fingerprint density at radius 3 is 2.67 bits per heavy atom. The molecule has 0 bridgehead atoms. The van der Waals surface area contributed by atoms with E-state index in [4.69, 9.17) is 9.47 Å². The quantitative estimate of drug-likeness (QED) is 0.284. The molecule has 3 aliphatic carbocycles. The number of aliphatic hydroxyl groups excluding tert-OH is 1. The number of benzene rings is 1. The van der Waals surface area contributed by atoms with Gasteiger partial charge in [0.2, 0.25) is 0 Å². The number of ether oxygens (including phenoxy) is 2. The fraction of sp³-hybridized carbons (Fsp3) is 0.621. The molecule has 178 valence electrons. The van der Waals surface area contributed by atoms with Crippen LogP contribution in [0.25, 0.3) is 6.08 Å². The monoisotopic (exact) mass is 450 g/mol. The third kappa shape index (κ3) is 4.00. The van der Waals surface area contributed by atoms with Crippen LogP contribution in [0.4, 0.5) is 0 Å². The number of rotatable bonds is 3. The highest BCUT2D eigenvalue weighted by molar-refractivity contribution is 5.87. The van der Waals surface area contributed by atoms with Crippen molar-refractivity contribution in [3.05, 3.63) is 53.6 Å². The molecule has 0 amide bonds. The largest absolute Gasteiger partial charge is 0.455 e. The van der Waals surface area contributed by atoms with Gasteiger partial charge in [-0.1, -0.05) is 62.8 Å². The fourth-order valence-corrected chi connectivity index (χ4v) is 7.08. The molecule has 4 heteroatoms. The molecule has 4 aliphatic rings. The van der Waals surface area contributed by atoms with Gasteiger partial charge in [0.25, 0.3) is 0 Å². The summed E-state index contributed by atoms with van der Waals surface area (Å²) in [6, 6.07) is 9.78. The molecule has 0 radical (unpaired) electrons. The van der Waals surface area contributed by atoms with Gasteiger partial charge >= 0.3 is 5.97 Å². The number of aliphatic hydroxyl groups is 1. The third-order valence-electron chi connectivity index (χ3n) is 9.14. The number of allylic oxidation sites excluding steroid dienone is 1. The molecule has 1 saturated heterocycles. The summed E-state index contributed by atoms with van der Waals surface area (Å²) in [6.07, 6.45) is 8.56. The number of hydrogen-bond acceptors (Lipinski definition) is 4. The minimum Gasteiger partial charge on any atom is -0.455 e. The van der Waals surface area contributed by atoms with Crippen LogP contribution in [0.5, 0.6) is 0 Å². The molecule has 1 heterocycles. The van der Waals surface area contributed by atoms with Gasteiger partial charge < -0.3 is 14.6 Å². The molecule has 1 aromatic carbocycles. The molecule has 0 spiro atoms. The molecule has 8 atom stereocenters. The van der Waals surface area contributed by atoms with Gasteiger partial charge in [0.05, 0.1) is 23.7 Å². The van der Waals surface area contributed by atoms with Gasteiger partial charge in [0.15, 0.2) is 0 Å². The van der Waals surface area contributed by atoms with Crippen LogP contribution < -0.4 is 0 Å². The third-order valence-corrected chi connectivity index (χ3v) is 9.14. The van der Waals surface area contributed by atoms with E-state index in [1.807, 2.05) is 30.3 Å². The van der Waals surface area contributed by atoms with E-state index in [2.05, 4.69) is 40.7 Å². The topological polar surface area (TPSA) is 59.1 Å². The van der Waals surface area contributed by atoms with Gasteiger partial charge in [-0.05, 0) is 67.9 Å². The number of carbonyl (C=O) groups excluding carboxylic acids is 1. The first-order valence-corrected chi connectivity index (χ1v) is 12.5. The maximum Gasteiger partial charge on any atom is 0.331 e. The standard InChI is InChI=1S/C29H38O4/c1-18-15-22-21(27(22,3)4)13-14-28(5)26(33-28)24-25(31)19(2)17-29(24,16-18)32-23(30)12-11-20-9-7-6-8-10-20/h6-12,15,19,21-22,24-26,31H,13-14,16-17H2,1-5H3. The Balaban J connectivity index is 1.47. The lowest BCUT2D eigenvalue weighted by molar-refractivity contribution is -0.160. The van der Waals surface area contributed by atoms with Gasteiger partial charge in [-0.15, -0.1) is 0 Å². The van der Waals surface area contributed by atoms with E-state index < -0.39 is 11.7 Å². The lowest BCUT2D eigenvalue weighted by Crippen LogP contribution is -2.46. The van der Waals surface area contributed by atoms with Crippen LogP contribution in [-0.2, 0) is 14.3 Å². The Kier molecular flexibility index (Phi) is 5.41. The Morgan fingerprint density at radius 2 is 1.94 bits per heavy atom. The van der Waals surface area contributed by atoms with Crippen molar-refractivity contribution in [3.8, 4) is 0 Å². The molecular weight excluding hydrogens is 412 g/mol. The Bertz CT molecular complexity index is 979. The second kappa shape index (κ2) is 7.81. The number of epoxide rings is 1. The lowest BCUT2D eigenvalue weighted by atomic mass is 9.78. The van der Waals surface area contributed by atoms with Crippen LogP contribution in [0.2, 0.25) is 0 Å². The van der Waals surface area contributed by atoms with Crippen molar-refractivity contribution in [2.75, 3.05) is 0 Å². The molecule has 4 nitrogen and oxygen atoms in total. The van der Waals surface area contributed by atoms with E-state index in [-0.39, 0.29) is 29.5 Å². The smallest absolute Gasteiger partial charge is 0.331 e. The highest BCUT2D eigenvalue weighted by Crippen LogP contribution is 2.65. The van der Waals surface area contributed by atoms with E-state index in [0.717, 1.165) is 18.4 Å². The minimum absolute atomic E-state index is 0.0511. The highest BCUT2D eigenvalue weighted by Gasteiger charge is 2.69. The van der Waals surface area contributed by atoms with E-state index in [0.29, 0.717) is 30.1 Å². The number of fused-ring (bicyclic) bond motifs is 4. The summed E-state index contributed by atoms with van der Waals surface area (Å²) in [5.41, 5.74) is 1.53. The molecule has 8 unspecified atom stereocenters. The second-order valence-corrected chi connectivity index (χ2v) is 12.0. The second-order valence-electron chi connectivity index (χ2n) is 12.0. The first-order valence-electron chi connectivity index (χ1n) is 12.5. The first-order chi connectivity index (χ1) is 15.6. The molecule has 2 saturated carbocycles. The van der Waals surface area contributed by atoms with E-state index in [1.54, 1.807) is 6.08 Å². The zero-order chi connectivity index (χ0) is 23.6. The summed E-state index contributed by atoms with van der Waals surface area (Å²) in [7, 11) is 0. The molecule has 0 aromatic heterocycles. The number of esters is 1. The Hall–Kier alpha value is -1.91. The van der Waals surface area contributed by atoms with Crippen LogP contribution in [0, 0.1) is 29.1 Å². The maximum absolute atomic E-state index is 13.1. The summed E-state index contributed by atoms with van der Waals surface area (Å²) < 4.78 is 12.7. The van der Waals surface area contributed by atoms with Crippen LogP contribution in [-0.4, -0.2) is 34.5 Å². The van der Waals surface area contributed by atoms with Gasteiger partial charge in [0, 0.05) is 12.5 Å². The molecular formula is C29H38O4. The molecule has 5 rings (SSSR count). The van der Waals surface area contributed by atoms with Crippen LogP contribution in [0.3, 0.4) is 0 Å². The average Bonchev–Trinajstić information content (AvgIpc) is 3.52. The Labute approximate surface area is 198 Å². The summed E-state index contributed by atoms with van der Waals surface area (Å²) in [4.78, 5) is 13.1. The molecule has 1 N–H and O–H groups in total. The normalized spacial score (nSPS) is 43.5. The lowest BCUT2D eigenvalue weighted by Gasteiger charge is -2.36. The highest BCUT2D eigenvalue weighted by atomic mass is 16.6. The molecule has 1 aromatic rings. The van der Waals surface area contributed by atoms with Gasteiger partial charge in [0.1, 0.15) is 5.60 Å². The minimum atomic E-state index is -0.751. The van der Waals surface area contributed by atoms with Crippen molar-refractivity contribution in [3.63, 3.8) is 0 Å². The van der Waals surface area contributed by atoms with Crippen molar-refractivity contribution < 1.29 is 19.4 Å². The van der Waals surface area contributed by atoms with Gasteiger partial charge in [-0.2, -0.15) is 0 Å². The zero-order valence-electron chi connectivity index (χ0n) is 20.6. The summed E-state index contributed by atoms with van der Waals surface area (Å²) in [5.74, 6) is 0.722. The molecule has 33 heavy (non-hydrogen) atoms. The SMILES string of the molecule is CC1=CC2C(CCC3(C)OC3C3C(O)C(C)CC3(OC(=O)C=Cc3ccccc3)C1)C2(C)C. The summed E-state index contributed by atoms with van der Waals surface area (Å²) in [6.45, 7) is 11.1. The molecule has 3 fully saturated rings. The summed E-state index contributed by atoms with van der Waals surface area (Å²) in [5, 5.41) is 11.3. The van der Waals surface area contributed by atoms with Gasteiger partial charge in [-0.3, -0.25) is 0 Å².